The van der Waals surface area contributed by atoms with Crippen LogP contribution in [-0.2, 0) is 11.2 Å². The SMILES string of the molecule is O=C1CCc2cc(Cl)ccc2N1Br. The monoisotopic (exact) mass is 259 g/mol. The molecule has 4 heteroatoms. The van der Waals surface area contributed by atoms with Gasteiger partial charge in [0.25, 0.3) is 0 Å². The minimum atomic E-state index is 0.0924. The highest BCUT2D eigenvalue weighted by Gasteiger charge is 2.21. The topological polar surface area (TPSA) is 20.3 Å². The van der Waals surface area contributed by atoms with Crippen LogP contribution in [0.1, 0.15) is 12.0 Å². The number of carbonyl (C=O) groups excluding carboxylic acids is 1. The molecule has 0 aliphatic carbocycles. The first-order chi connectivity index (χ1) is 6.18. The first-order valence-electron chi connectivity index (χ1n) is 3.95. The fourth-order valence-corrected chi connectivity index (χ4v) is 2.14. The number of halogens is 2. The van der Waals surface area contributed by atoms with E-state index in [1.165, 1.54) is 3.93 Å². The highest BCUT2D eigenvalue weighted by atomic mass is 79.9. The van der Waals surface area contributed by atoms with E-state index >= 15 is 0 Å². The van der Waals surface area contributed by atoms with E-state index in [2.05, 4.69) is 16.1 Å². The average molecular weight is 261 g/mol. The van der Waals surface area contributed by atoms with Crippen molar-refractivity contribution < 1.29 is 4.79 Å². The molecule has 0 radical (unpaired) electrons. The fraction of sp³-hybridized carbons (Fsp3) is 0.222. The van der Waals surface area contributed by atoms with E-state index < -0.39 is 0 Å². The molecular formula is C9H7BrClNO. The molecule has 0 atom stereocenters. The maximum atomic E-state index is 11.3. The van der Waals surface area contributed by atoms with Gasteiger partial charge in [-0.2, -0.15) is 0 Å². The Morgan fingerprint density at radius 1 is 1.38 bits per heavy atom. The molecule has 1 heterocycles. The van der Waals surface area contributed by atoms with Gasteiger partial charge in [0.15, 0.2) is 0 Å². The van der Waals surface area contributed by atoms with Gasteiger partial charge in [0, 0.05) is 11.4 Å². The summed E-state index contributed by atoms with van der Waals surface area (Å²) in [6, 6.07) is 5.54. The lowest BCUT2D eigenvalue weighted by atomic mass is 10.0. The Morgan fingerprint density at radius 3 is 2.92 bits per heavy atom. The summed E-state index contributed by atoms with van der Waals surface area (Å²) >= 11 is 9.06. The van der Waals surface area contributed by atoms with Crippen LogP contribution in [0.2, 0.25) is 5.02 Å². The fourth-order valence-electron chi connectivity index (χ4n) is 1.42. The maximum absolute atomic E-state index is 11.3. The predicted octanol–water partition coefficient (Wildman–Crippen LogP) is 2.93. The molecule has 2 nitrogen and oxygen atoms in total. The molecule has 1 amide bonds. The minimum absolute atomic E-state index is 0.0924. The lowest BCUT2D eigenvalue weighted by Crippen LogP contribution is -2.25. The molecule has 0 unspecified atom stereocenters. The number of benzene rings is 1. The highest BCUT2D eigenvalue weighted by molar-refractivity contribution is 9.10. The number of rotatable bonds is 0. The van der Waals surface area contributed by atoms with Gasteiger partial charge >= 0.3 is 0 Å². The second-order valence-electron chi connectivity index (χ2n) is 2.95. The zero-order valence-electron chi connectivity index (χ0n) is 6.76. The molecule has 1 aromatic rings. The van der Waals surface area contributed by atoms with Gasteiger partial charge in [-0.1, -0.05) is 11.6 Å². The van der Waals surface area contributed by atoms with Crippen LogP contribution >= 0.6 is 27.7 Å². The van der Waals surface area contributed by atoms with Gasteiger partial charge in [0.05, 0.1) is 21.8 Å². The van der Waals surface area contributed by atoms with Crippen molar-refractivity contribution in [3.63, 3.8) is 0 Å². The normalized spacial score (nSPS) is 15.8. The Hall–Kier alpha value is -0.540. The zero-order chi connectivity index (χ0) is 9.42. The van der Waals surface area contributed by atoms with Crippen molar-refractivity contribution in [3.05, 3.63) is 28.8 Å². The summed E-state index contributed by atoms with van der Waals surface area (Å²) in [6.45, 7) is 0. The Balaban J connectivity index is 2.49. The van der Waals surface area contributed by atoms with Crippen LogP contribution in [0, 0.1) is 0 Å². The van der Waals surface area contributed by atoms with Crippen LogP contribution in [0.5, 0.6) is 0 Å². The second kappa shape index (κ2) is 3.31. The van der Waals surface area contributed by atoms with Crippen LogP contribution < -0.4 is 3.93 Å². The Bertz CT molecular complexity index is 367. The van der Waals surface area contributed by atoms with E-state index in [0.717, 1.165) is 17.7 Å². The van der Waals surface area contributed by atoms with E-state index in [0.29, 0.717) is 11.4 Å². The van der Waals surface area contributed by atoms with Gasteiger partial charge in [-0.15, -0.1) is 0 Å². The molecule has 0 saturated heterocycles. The van der Waals surface area contributed by atoms with Crippen molar-refractivity contribution in [1.29, 1.82) is 0 Å². The Labute approximate surface area is 89.8 Å². The van der Waals surface area contributed by atoms with Gasteiger partial charge in [0.1, 0.15) is 0 Å². The van der Waals surface area contributed by atoms with Gasteiger partial charge in [-0.25, -0.2) is 3.93 Å². The number of hydrogen-bond acceptors (Lipinski definition) is 1. The van der Waals surface area contributed by atoms with Crippen LogP contribution in [0.3, 0.4) is 0 Å². The standard InChI is InChI=1S/C9H7BrClNO/c10-12-8-3-2-7(11)5-6(8)1-4-9(12)13/h2-3,5H,1,4H2. The molecule has 1 aliphatic rings. The summed E-state index contributed by atoms with van der Waals surface area (Å²) in [5.74, 6) is 0.0924. The summed E-state index contributed by atoms with van der Waals surface area (Å²) in [7, 11) is 0. The highest BCUT2D eigenvalue weighted by Crippen LogP contribution is 2.31. The molecule has 0 aromatic heterocycles. The Kier molecular flexibility index (Phi) is 2.30. The minimum Gasteiger partial charge on any atom is -0.274 e. The second-order valence-corrected chi connectivity index (χ2v) is 4.09. The molecule has 0 saturated carbocycles. The van der Waals surface area contributed by atoms with Crippen molar-refractivity contribution in [2.45, 2.75) is 12.8 Å². The van der Waals surface area contributed by atoms with E-state index in [1.807, 2.05) is 12.1 Å². The van der Waals surface area contributed by atoms with E-state index in [-0.39, 0.29) is 5.91 Å². The molecule has 0 N–H and O–H groups in total. The third-order valence-electron chi connectivity index (χ3n) is 2.08. The molecule has 13 heavy (non-hydrogen) atoms. The number of amides is 1. The van der Waals surface area contributed by atoms with Crippen molar-refractivity contribution >= 4 is 39.3 Å². The van der Waals surface area contributed by atoms with Crippen LogP contribution in [0.4, 0.5) is 5.69 Å². The number of aryl methyl sites for hydroxylation is 1. The number of anilines is 1. The van der Waals surface area contributed by atoms with Crippen molar-refractivity contribution in [3.8, 4) is 0 Å². The molecule has 1 aliphatic heterocycles. The number of fused-ring (bicyclic) bond motifs is 1. The maximum Gasteiger partial charge on any atom is 0.237 e. The molecule has 1 aromatic carbocycles. The third kappa shape index (κ3) is 1.58. The van der Waals surface area contributed by atoms with Crippen LogP contribution in [0.15, 0.2) is 18.2 Å². The van der Waals surface area contributed by atoms with Gasteiger partial charge < -0.3 is 0 Å². The van der Waals surface area contributed by atoms with Crippen LogP contribution in [-0.4, -0.2) is 5.91 Å². The lowest BCUT2D eigenvalue weighted by Gasteiger charge is -2.23. The van der Waals surface area contributed by atoms with Gasteiger partial charge in [-0.3, -0.25) is 4.79 Å². The molecular weight excluding hydrogens is 253 g/mol. The van der Waals surface area contributed by atoms with E-state index in [4.69, 9.17) is 11.6 Å². The van der Waals surface area contributed by atoms with Gasteiger partial charge in [-0.05, 0) is 30.2 Å². The number of carbonyl (C=O) groups is 1. The molecule has 68 valence electrons. The first-order valence-corrected chi connectivity index (χ1v) is 5.04. The van der Waals surface area contributed by atoms with Gasteiger partial charge in [0.2, 0.25) is 5.91 Å². The zero-order valence-corrected chi connectivity index (χ0v) is 9.10. The lowest BCUT2D eigenvalue weighted by molar-refractivity contribution is -0.117. The Morgan fingerprint density at radius 2 is 2.15 bits per heavy atom. The number of nitrogens with zero attached hydrogens (tertiary/aromatic N) is 1. The summed E-state index contributed by atoms with van der Waals surface area (Å²) < 4.78 is 1.50. The molecule has 0 fully saturated rings. The number of hydrogen-bond donors (Lipinski definition) is 0. The van der Waals surface area contributed by atoms with Crippen molar-refractivity contribution in [1.82, 2.24) is 0 Å². The quantitative estimate of drug-likeness (QED) is 0.657. The summed E-state index contributed by atoms with van der Waals surface area (Å²) in [5, 5.41) is 0.717. The average Bonchev–Trinajstić information content (AvgIpc) is 2.12. The summed E-state index contributed by atoms with van der Waals surface area (Å²) in [5.41, 5.74) is 2.02. The van der Waals surface area contributed by atoms with E-state index in [9.17, 15) is 4.79 Å². The molecule has 0 bridgehead atoms. The molecule has 0 spiro atoms. The predicted molar refractivity (Wildman–Crippen MR) is 56.2 cm³/mol. The molecule has 2 rings (SSSR count). The van der Waals surface area contributed by atoms with Crippen molar-refractivity contribution in [2.24, 2.45) is 0 Å². The third-order valence-corrected chi connectivity index (χ3v) is 3.09. The first kappa shape index (κ1) is 9.03. The van der Waals surface area contributed by atoms with Crippen LogP contribution in [0.25, 0.3) is 0 Å². The summed E-state index contributed by atoms with van der Waals surface area (Å²) in [6.07, 6.45) is 1.31. The van der Waals surface area contributed by atoms with Crippen molar-refractivity contribution in [2.75, 3.05) is 3.93 Å². The largest absolute Gasteiger partial charge is 0.274 e. The smallest absolute Gasteiger partial charge is 0.237 e. The summed E-state index contributed by atoms with van der Waals surface area (Å²) in [4.78, 5) is 11.3. The van der Waals surface area contributed by atoms with E-state index in [1.54, 1.807) is 6.07 Å².